The minimum Gasteiger partial charge on any atom is -1.00 e. The molecule has 0 amide bonds. The second kappa shape index (κ2) is 12.7. The number of rotatable bonds is 2. The summed E-state index contributed by atoms with van der Waals surface area (Å²) in [6, 6.07) is 13.2. The summed E-state index contributed by atoms with van der Waals surface area (Å²) in [4.78, 5) is 0. The van der Waals surface area contributed by atoms with Crippen LogP contribution in [-0.2, 0) is 25.8 Å². The summed E-state index contributed by atoms with van der Waals surface area (Å²) < 4.78 is 0. The molecule has 0 aliphatic heterocycles. The van der Waals surface area contributed by atoms with Crippen LogP contribution in [-0.4, -0.2) is 0 Å². The zero-order valence-electron chi connectivity index (χ0n) is 13.9. The molecule has 0 spiro atoms. The summed E-state index contributed by atoms with van der Waals surface area (Å²) in [5.41, 5.74) is 5.65. The fourth-order valence-electron chi connectivity index (χ4n) is 1.89. The van der Waals surface area contributed by atoms with Gasteiger partial charge in [-0.2, -0.15) is 46.5 Å². The van der Waals surface area contributed by atoms with Gasteiger partial charge in [0.1, 0.15) is 0 Å². The van der Waals surface area contributed by atoms with E-state index in [0.717, 1.165) is 0 Å². The van der Waals surface area contributed by atoms with Crippen molar-refractivity contribution in [2.24, 2.45) is 0 Å². The van der Waals surface area contributed by atoms with E-state index in [0.29, 0.717) is 11.8 Å². The first-order valence-corrected chi connectivity index (χ1v) is 6.86. The maximum atomic E-state index is 2.24. The van der Waals surface area contributed by atoms with Crippen LogP contribution >= 0.6 is 0 Å². The van der Waals surface area contributed by atoms with Gasteiger partial charge in [-0.1, -0.05) is 53.4 Å². The SMILES string of the molecule is C[c-]1ccc(C(C)C)c1.C[c-]1ccc(C(C)C)c1.[Cl-].[Cl-].[Hf+4]. The van der Waals surface area contributed by atoms with Crippen molar-refractivity contribution in [1.82, 2.24) is 0 Å². The monoisotopic (exact) mass is 492 g/mol. The van der Waals surface area contributed by atoms with Crippen LogP contribution in [0.15, 0.2) is 36.4 Å². The summed E-state index contributed by atoms with van der Waals surface area (Å²) in [6.07, 6.45) is 0. The van der Waals surface area contributed by atoms with Crippen molar-refractivity contribution >= 4 is 0 Å². The van der Waals surface area contributed by atoms with Crippen LogP contribution in [0.2, 0.25) is 0 Å². The van der Waals surface area contributed by atoms with Crippen molar-refractivity contribution in [3.8, 4) is 0 Å². The van der Waals surface area contributed by atoms with E-state index < -0.39 is 0 Å². The zero-order chi connectivity index (χ0) is 13.7. The molecular formula is C18H26Cl2Hf. The molecule has 0 aromatic heterocycles. The fourth-order valence-corrected chi connectivity index (χ4v) is 1.89. The van der Waals surface area contributed by atoms with Crippen LogP contribution < -0.4 is 24.8 Å². The fraction of sp³-hybridized carbons (Fsp3) is 0.444. The molecule has 3 heteroatoms. The second-order valence-corrected chi connectivity index (χ2v) is 5.75. The van der Waals surface area contributed by atoms with E-state index in [1.807, 2.05) is 0 Å². The zero-order valence-corrected chi connectivity index (χ0v) is 19.0. The van der Waals surface area contributed by atoms with Crippen LogP contribution in [0.4, 0.5) is 0 Å². The van der Waals surface area contributed by atoms with Gasteiger partial charge < -0.3 is 24.8 Å². The van der Waals surface area contributed by atoms with E-state index in [1.165, 1.54) is 22.3 Å². The van der Waals surface area contributed by atoms with Gasteiger partial charge in [0.05, 0.1) is 0 Å². The molecule has 0 aliphatic carbocycles. The molecule has 2 aromatic carbocycles. The Morgan fingerprint density at radius 1 is 0.714 bits per heavy atom. The van der Waals surface area contributed by atoms with Crippen LogP contribution in [0, 0.1) is 13.8 Å². The first-order valence-electron chi connectivity index (χ1n) is 6.86. The van der Waals surface area contributed by atoms with Gasteiger partial charge >= 0.3 is 25.8 Å². The Kier molecular flexibility index (Phi) is 15.7. The molecule has 0 saturated heterocycles. The third kappa shape index (κ3) is 9.71. The Bertz CT molecular complexity index is 423. The Labute approximate surface area is 162 Å². The smallest absolute Gasteiger partial charge is 1.00 e. The molecule has 0 aliphatic rings. The molecule has 0 saturated carbocycles. The summed E-state index contributed by atoms with van der Waals surface area (Å²) in [6.45, 7) is 13.1. The van der Waals surface area contributed by atoms with Gasteiger partial charge in [-0.15, -0.1) is 0 Å². The average molecular weight is 492 g/mol. The molecule has 0 fully saturated rings. The van der Waals surface area contributed by atoms with E-state index in [2.05, 4.69) is 77.9 Å². The van der Waals surface area contributed by atoms with Crippen LogP contribution in [0.5, 0.6) is 0 Å². The van der Waals surface area contributed by atoms with Crippen molar-refractivity contribution in [1.29, 1.82) is 0 Å². The van der Waals surface area contributed by atoms with Crippen molar-refractivity contribution in [2.45, 2.75) is 53.4 Å². The maximum absolute atomic E-state index is 2.24. The first kappa shape index (κ1) is 26.1. The minimum atomic E-state index is 0. The van der Waals surface area contributed by atoms with E-state index in [-0.39, 0.29) is 50.7 Å². The Hall–Kier alpha value is 0.150. The number of aryl methyl sites for hydroxylation is 2. The molecule has 0 unspecified atom stereocenters. The van der Waals surface area contributed by atoms with Crippen molar-refractivity contribution in [2.75, 3.05) is 0 Å². The van der Waals surface area contributed by atoms with Crippen molar-refractivity contribution in [3.63, 3.8) is 0 Å². The number of hydrogen-bond donors (Lipinski definition) is 0. The van der Waals surface area contributed by atoms with Gasteiger partial charge in [-0.25, -0.2) is 12.1 Å². The van der Waals surface area contributed by atoms with Gasteiger partial charge in [-0.05, 0) is 0 Å². The van der Waals surface area contributed by atoms with E-state index in [1.54, 1.807) is 0 Å². The number of hydrogen-bond acceptors (Lipinski definition) is 0. The van der Waals surface area contributed by atoms with Crippen LogP contribution in [0.25, 0.3) is 0 Å². The van der Waals surface area contributed by atoms with E-state index in [4.69, 9.17) is 0 Å². The molecule has 0 N–H and O–H groups in total. The van der Waals surface area contributed by atoms with Gasteiger partial charge in [-0.3, -0.25) is 0 Å². The predicted octanol–water partition coefficient (Wildman–Crippen LogP) is -0.320. The van der Waals surface area contributed by atoms with Gasteiger partial charge in [0.2, 0.25) is 0 Å². The molecule has 0 atom stereocenters. The Morgan fingerprint density at radius 3 is 1.10 bits per heavy atom. The standard InChI is InChI=1S/2C9H13.2ClH.Hf/c2*1-7(2)9-5-4-8(3)6-9;;;/h2*4-7H,1-3H3;2*1H;/q2*-1;;;+4/p-2. The molecule has 21 heavy (non-hydrogen) atoms. The van der Waals surface area contributed by atoms with Gasteiger partial charge in [0, 0.05) is 0 Å². The molecule has 2 aromatic rings. The van der Waals surface area contributed by atoms with Gasteiger partial charge in [0.25, 0.3) is 0 Å². The summed E-state index contributed by atoms with van der Waals surface area (Å²) in [5, 5.41) is 0. The minimum absolute atomic E-state index is 0. The second-order valence-electron chi connectivity index (χ2n) is 5.75. The van der Waals surface area contributed by atoms with Crippen molar-refractivity contribution < 1.29 is 50.7 Å². The summed E-state index contributed by atoms with van der Waals surface area (Å²) in [5.74, 6) is 1.36. The molecule has 2 rings (SSSR count). The molecular weight excluding hydrogens is 466 g/mol. The molecule has 0 nitrogen and oxygen atoms in total. The largest absolute Gasteiger partial charge is 4.00 e. The Morgan fingerprint density at radius 2 is 1.00 bits per heavy atom. The first-order chi connectivity index (χ1) is 8.40. The van der Waals surface area contributed by atoms with E-state index >= 15 is 0 Å². The maximum Gasteiger partial charge on any atom is 4.00 e. The quantitative estimate of drug-likeness (QED) is 0.399. The van der Waals surface area contributed by atoms with Gasteiger partial charge in [0.15, 0.2) is 0 Å². The average Bonchev–Trinajstić information content (AvgIpc) is 2.88. The third-order valence-electron chi connectivity index (χ3n) is 3.20. The molecule has 116 valence electrons. The van der Waals surface area contributed by atoms with Crippen LogP contribution in [0.3, 0.4) is 0 Å². The third-order valence-corrected chi connectivity index (χ3v) is 3.20. The topological polar surface area (TPSA) is 0 Å². The molecule has 0 heterocycles. The van der Waals surface area contributed by atoms with Crippen molar-refractivity contribution in [3.05, 3.63) is 58.7 Å². The number of halogens is 2. The summed E-state index contributed by atoms with van der Waals surface area (Å²) >= 11 is 0. The predicted molar refractivity (Wildman–Crippen MR) is 81.7 cm³/mol. The summed E-state index contributed by atoms with van der Waals surface area (Å²) in [7, 11) is 0. The molecule has 0 bridgehead atoms. The van der Waals surface area contributed by atoms with Crippen LogP contribution in [0.1, 0.15) is 61.8 Å². The Balaban J connectivity index is -0.000000270. The van der Waals surface area contributed by atoms with E-state index in [9.17, 15) is 0 Å². The molecule has 0 radical (unpaired) electrons. The normalized spacial score (nSPS) is 9.14.